The molecule has 0 aromatic rings. The molecular weight excluding hydrogens is 256 g/mol. The fraction of sp³-hybridized carbons (Fsp3) is 0.933. The van der Waals surface area contributed by atoms with Gasteiger partial charge in [0.2, 0.25) is 0 Å². The van der Waals surface area contributed by atoms with Crippen molar-refractivity contribution in [3.05, 3.63) is 0 Å². The smallest absolute Gasteiger partial charge is 0.307 e. The molecule has 0 aliphatic carbocycles. The second-order valence-corrected chi connectivity index (χ2v) is 5.79. The molecule has 1 atom stereocenters. The lowest BCUT2D eigenvalue weighted by molar-refractivity contribution is -0.141. The molecule has 1 unspecified atom stereocenters. The molecule has 0 aromatic carbocycles. The van der Waals surface area contributed by atoms with E-state index in [0.29, 0.717) is 6.54 Å². The van der Waals surface area contributed by atoms with Crippen molar-refractivity contribution in [2.24, 2.45) is 5.92 Å². The molecule has 0 aromatic heterocycles. The zero-order valence-corrected chi connectivity index (χ0v) is 13.0. The quantitative estimate of drug-likeness (QED) is 0.617. The summed E-state index contributed by atoms with van der Waals surface area (Å²) in [5, 5.41) is 9.06. The SMILES string of the molecule is COCCCN(CCN1CCCCC1)CC(C)C(=O)O. The van der Waals surface area contributed by atoms with Crippen molar-refractivity contribution >= 4 is 5.97 Å². The Labute approximate surface area is 122 Å². The van der Waals surface area contributed by atoms with Crippen LogP contribution in [-0.2, 0) is 9.53 Å². The summed E-state index contributed by atoms with van der Waals surface area (Å²) < 4.78 is 5.09. The van der Waals surface area contributed by atoms with E-state index in [1.165, 1.54) is 32.4 Å². The average Bonchev–Trinajstić information content (AvgIpc) is 2.45. The highest BCUT2D eigenvalue weighted by atomic mass is 16.5. The highest BCUT2D eigenvalue weighted by molar-refractivity contribution is 5.69. The molecule has 1 rings (SSSR count). The predicted molar refractivity (Wildman–Crippen MR) is 80.0 cm³/mol. The Morgan fingerprint density at radius 1 is 1.30 bits per heavy atom. The van der Waals surface area contributed by atoms with Crippen molar-refractivity contribution in [1.29, 1.82) is 0 Å². The number of carboxylic acids is 1. The van der Waals surface area contributed by atoms with Crippen molar-refractivity contribution in [1.82, 2.24) is 9.80 Å². The van der Waals surface area contributed by atoms with Crippen LogP contribution < -0.4 is 0 Å². The molecule has 1 saturated heterocycles. The zero-order chi connectivity index (χ0) is 14.8. The average molecular weight is 286 g/mol. The van der Waals surface area contributed by atoms with Crippen molar-refractivity contribution in [2.45, 2.75) is 32.6 Å². The lowest BCUT2D eigenvalue weighted by Crippen LogP contribution is -2.40. The van der Waals surface area contributed by atoms with Crippen LogP contribution in [0.25, 0.3) is 0 Å². The van der Waals surface area contributed by atoms with Crippen LogP contribution in [0.1, 0.15) is 32.6 Å². The van der Waals surface area contributed by atoms with E-state index in [4.69, 9.17) is 9.84 Å². The van der Waals surface area contributed by atoms with Gasteiger partial charge in [-0.3, -0.25) is 4.79 Å². The highest BCUT2D eigenvalue weighted by Gasteiger charge is 2.17. The second kappa shape index (κ2) is 10.1. The highest BCUT2D eigenvalue weighted by Crippen LogP contribution is 2.09. The summed E-state index contributed by atoms with van der Waals surface area (Å²) >= 11 is 0. The maximum absolute atomic E-state index is 11.0. The number of carboxylic acid groups (broad SMARTS) is 1. The topological polar surface area (TPSA) is 53.0 Å². The summed E-state index contributed by atoms with van der Waals surface area (Å²) in [7, 11) is 1.71. The van der Waals surface area contributed by atoms with Crippen molar-refractivity contribution in [2.75, 3.05) is 53.0 Å². The van der Waals surface area contributed by atoms with Crippen LogP contribution in [0.2, 0.25) is 0 Å². The van der Waals surface area contributed by atoms with Gasteiger partial charge in [-0.1, -0.05) is 13.3 Å². The van der Waals surface area contributed by atoms with E-state index in [-0.39, 0.29) is 5.92 Å². The standard InChI is InChI=1S/C15H30N2O3/c1-14(15(18)19)13-17(9-6-12-20-2)11-10-16-7-4-3-5-8-16/h14H,3-13H2,1-2H3,(H,18,19). The predicted octanol–water partition coefficient (Wildman–Crippen LogP) is 1.53. The molecular formula is C15H30N2O3. The number of likely N-dealkylation sites (tertiary alicyclic amines) is 1. The molecule has 0 radical (unpaired) electrons. The molecule has 118 valence electrons. The number of methoxy groups -OCH3 is 1. The third-order valence-electron chi connectivity index (χ3n) is 3.96. The van der Waals surface area contributed by atoms with Gasteiger partial charge in [0.1, 0.15) is 0 Å². The lowest BCUT2D eigenvalue weighted by atomic mass is 10.1. The first-order valence-electron chi connectivity index (χ1n) is 7.80. The first-order valence-corrected chi connectivity index (χ1v) is 7.80. The number of hydrogen-bond donors (Lipinski definition) is 1. The van der Waals surface area contributed by atoms with Crippen LogP contribution in [0.3, 0.4) is 0 Å². The van der Waals surface area contributed by atoms with Gasteiger partial charge in [-0.15, -0.1) is 0 Å². The number of nitrogens with zero attached hydrogens (tertiary/aromatic N) is 2. The number of piperidine rings is 1. The molecule has 5 nitrogen and oxygen atoms in total. The third kappa shape index (κ3) is 7.22. The fourth-order valence-corrected chi connectivity index (χ4v) is 2.66. The first kappa shape index (κ1) is 17.4. The molecule has 0 spiro atoms. The molecule has 0 amide bonds. The van der Waals surface area contributed by atoms with E-state index in [9.17, 15) is 4.79 Å². The van der Waals surface area contributed by atoms with Gasteiger partial charge in [-0.05, 0) is 32.4 Å². The molecule has 5 heteroatoms. The number of hydrogen-bond acceptors (Lipinski definition) is 4. The lowest BCUT2D eigenvalue weighted by Gasteiger charge is -2.30. The summed E-state index contributed by atoms with van der Waals surface area (Å²) in [6.45, 7) is 8.47. The fourth-order valence-electron chi connectivity index (χ4n) is 2.66. The normalized spacial score (nSPS) is 18.4. The third-order valence-corrected chi connectivity index (χ3v) is 3.96. The molecule has 1 aliphatic heterocycles. The van der Waals surface area contributed by atoms with Gasteiger partial charge < -0.3 is 19.6 Å². The zero-order valence-electron chi connectivity index (χ0n) is 13.0. The second-order valence-electron chi connectivity index (χ2n) is 5.79. The minimum Gasteiger partial charge on any atom is -0.481 e. The Kier molecular flexibility index (Phi) is 8.82. The molecule has 1 N–H and O–H groups in total. The Hall–Kier alpha value is -0.650. The summed E-state index contributed by atoms with van der Waals surface area (Å²) in [6.07, 6.45) is 4.91. The van der Waals surface area contributed by atoms with Gasteiger partial charge in [-0.25, -0.2) is 0 Å². The van der Waals surface area contributed by atoms with Crippen LogP contribution in [0.4, 0.5) is 0 Å². The Morgan fingerprint density at radius 2 is 2.00 bits per heavy atom. The first-order chi connectivity index (χ1) is 9.63. The Bertz CT molecular complexity index is 268. The van der Waals surface area contributed by atoms with Crippen molar-refractivity contribution in [3.63, 3.8) is 0 Å². The van der Waals surface area contributed by atoms with Crippen LogP contribution in [-0.4, -0.2) is 73.9 Å². The molecule has 20 heavy (non-hydrogen) atoms. The van der Waals surface area contributed by atoms with Crippen molar-refractivity contribution < 1.29 is 14.6 Å². The van der Waals surface area contributed by atoms with Gasteiger partial charge >= 0.3 is 5.97 Å². The van der Waals surface area contributed by atoms with E-state index < -0.39 is 5.97 Å². The Balaban J connectivity index is 2.33. The number of ether oxygens (including phenoxy) is 1. The van der Waals surface area contributed by atoms with Gasteiger partial charge in [-0.2, -0.15) is 0 Å². The van der Waals surface area contributed by atoms with E-state index in [1.54, 1.807) is 14.0 Å². The number of carbonyl (C=O) groups is 1. The van der Waals surface area contributed by atoms with Crippen LogP contribution in [0, 0.1) is 5.92 Å². The summed E-state index contributed by atoms with van der Waals surface area (Å²) in [4.78, 5) is 15.8. The van der Waals surface area contributed by atoms with E-state index in [0.717, 1.165) is 32.7 Å². The minimum atomic E-state index is -0.709. The maximum Gasteiger partial charge on any atom is 0.307 e. The number of aliphatic carboxylic acids is 1. The van der Waals surface area contributed by atoms with Gasteiger partial charge in [0.25, 0.3) is 0 Å². The van der Waals surface area contributed by atoms with Crippen LogP contribution >= 0.6 is 0 Å². The van der Waals surface area contributed by atoms with E-state index in [2.05, 4.69) is 9.80 Å². The Morgan fingerprint density at radius 3 is 2.60 bits per heavy atom. The largest absolute Gasteiger partial charge is 0.481 e. The number of rotatable bonds is 10. The molecule has 1 heterocycles. The molecule has 0 bridgehead atoms. The van der Waals surface area contributed by atoms with Gasteiger partial charge in [0, 0.05) is 39.9 Å². The maximum atomic E-state index is 11.0. The monoisotopic (exact) mass is 286 g/mol. The van der Waals surface area contributed by atoms with E-state index in [1.807, 2.05) is 0 Å². The van der Waals surface area contributed by atoms with E-state index >= 15 is 0 Å². The minimum absolute atomic E-state index is 0.307. The molecule has 1 aliphatic rings. The van der Waals surface area contributed by atoms with Crippen LogP contribution in [0.15, 0.2) is 0 Å². The van der Waals surface area contributed by atoms with Gasteiger partial charge in [0.15, 0.2) is 0 Å². The van der Waals surface area contributed by atoms with Crippen molar-refractivity contribution in [3.8, 4) is 0 Å². The molecule has 1 fully saturated rings. The molecule has 0 saturated carbocycles. The van der Waals surface area contributed by atoms with Crippen LogP contribution in [0.5, 0.6) is 0 Å². The summed E-state index contributed by atoms with van der Waals surface area (Å²) in [5.41, 5.74) is 0. The summed E-state index contributed by atoms with van der Waals surface area (Å²) in [6, 6.07) is 0. The van der Waals surface area contributed by atoms with Gasteiger partial charge in [0.05, 0.1) is 5.92 Å². The summed E-state index contributed by atoms with van der Waals surface area (Å²) in [5.74, 6) is -1.02.